The number of hydrogen-bond acceptors (Lipinski definition) is 3. The Balaban J connectivity index is 1.45. The Morgan fingerprint density at radius 2 is 1.55 bits per heavy atom. The second kappa shape index (κ2) is 8.02. The molecule has 0 saturated carbocycles. The summed E-state index contributed by atoms with van der Waals surface area (Å²) in [5.41, 5.74) is 5.54. The van der Waals surface area contributed by atoms with Crippen molar-refractivity contribution in [3.05, 3.63) is 96.3 Å². The quantitative estimate of drug-likeness (QED) is 0.502. The molecule has 1 aliphatic heterocycles. The molecule has 29 heavy (non-hydrogen) atoms. The van der Waals surface area contributed by atoms with Crippen molar-refractivity contribution in [2.45, 2.75) is 24.8 Å². The van der Waals surface area contributed by atoms with Crippen LogP contribution in [0.25, 0.3) is 22.8 Å². The standard InChI is InChI=1S/C25H24N4/c1-3-9-18(10-4-1)21-15-14-20(17-27-21)23-24(22-13-7-8-16-26-22)29-25(28-23)19-11-5-2-6-12-19/h1-13,16,20-21,27H,14-15,17H2,(H,28,29)/t20-,21+/m1/s1. The van der Waals surface area contributed by atoms with Crippen LogP contribution in [0.3, 0.4) is 0 Å². The minimum atomic E-state index is 0.386. The highest BCUT2D eigenvalue weighted by Gasteiger charge is 2.27. The zero-order valence-electron chi connectivity index (χ0n) is 16.3. The lowest BCUT2D eigenvalue weighted by Gasteiger charge is -2.30. The summed E-state index contributed by atoms with van der Waals surface area (Å²) in [5.74, 6) is 1.29. The van der Waals surface area contributed by atoms with E-state index >= 15 is 0 Å². The van der Waals surface area contributed by atoms with E-state index in [0.29, 0.717) is 12.0 Å². The van der Waals surface area contributed by atoms with Crippen molar-refractivity contribution in [2.24, 2.45) is 0 Å². The van der Waals surface area contributed by atoms with Gasteiger partial charge in [-0.3, -0.25) is 4.98 Å². The van der Waals surface area contributed by atoms with E-state index in [2.05, 4.69) is 57.7 Å². The van der Waals surface area contributed by atoms with Gasteiger partial charge in [0.1, 0.15) is 11.5 Å². The van der Waals surface area contributed by atoms with Gasteiger partial charge in [-0.15, -0.1) is 0 Å². The Hall–Kier alpha value is -3.24. The predicted molar refractivity (Wildman–Crippen MR) is 116 cm³/mol. The van der Waals surface area contributed by atoms with E-state index in [0.717, 1.165) is 42.2 Å². The largest absolute Gasteiger partial charge is 0.341 e. The van der Waals surface area contributed by atoms with Gasteiger partial charge in [-0.2, -0.15) is 0 Å². The predicted octanol–water partition coefficient (Wildman–Crippen LogP) is 5.35. The topological polar surface area (TPSA) is 53.6 Å². The molecule has 2 aromatic carbocycles. The fraction of sp³-hybridized carbons (Fsp3) is 0.200. The van der Waals surface area contributed by atoms with Gasteiger partial charge in [-0.1, -0.05) is 66.7 Å². The maximum atomic E-state index is 4.96. The first-order valence-corrected chi connectivity index (χ1v) is 10.2. The van der Waals surface area contributed by atoms with Gasteiger partial charge in [0.25, 0.3) is 0 Å². The first-order valence-electron chi connectivity index (χ1n) is 10.2. The number of aromatic amines is 1. The highest BCUT2D eigenvalue weighted by atomic mass is 15.0. The number of pyridine rings is 1. The molecule has 4 nitrogen and oxygen atoms in total. The van der Waals surface area contributed by atoms with Crippen molar-refractivity contribution in [1.29, 1.82) is 0 Å². The van der Waals surface area contributed by atoms with Crippen LogP contribution >= 0.6 is 0 Å². The molecule has 144 valence electrons. The number of hydrogen-bond donors (Lipinski definition) is 2. The first-order chi connectivity index (χ1) is 14.4. The molecule has 2 aromatic heterocycles. The summed E-state index contributed by atoms with van der Waals surface area (Å²) in [7, 11) is 0. The number of H-pyrrole nitrogens is 1. The average Bonchev–Trinajstić information content (AvgIpc) is 3.27. The summed E-state index contributed by atoms with van der Waals surface area (Å²) in [6.07, 6.45) is 4.05. The average molecular weight is 380 g/mol. The van der Waals surface area contributed by atoms with Gasteiger partial charge in [-0.05, 0) is 30.5 Å². The lowest BCUT2D eigenvalue weighted by atomic mass is 9.88. The molecule has 1 fully saturated rings. The van der Waals surface area contributed by atoms with E-state index < -0.39 is 0 Å². The van der Waals surface area contributed by atoms with Crippen molar-refractivity contribution in [3.8, 4) is 22.8 Å². The fourth-order valence-electron chi connectivity index (χ4n) is 4.19. The molecule has 0 bridgehead atoms. The van der Waals surface area contributed by atoms with Crippen LogP contribution in [0.5, 0.6) is 0 Å². The van der Waals surface area contributed by atoms with Gasteiger partial charge in [0, 0.05) is 36.0 Å². The van der Waals surface area contributed by atoms with E-state index in [9.17, 15) is 0 Å². The highest BCUT2D eigenvalue weighted by Crippen LogP contribution is 2.36. The molecular formula is C25H24N4. The molecule has 5 rings (SSSR count). The minimum Gasteiger partial charge on any atom is -0.341 e. The molecular weight excluding hydrogens is 356 g/mol. The van der Waals surface area contributed by atoms with Crippen LogP contribution in [-0.2, 0) is 0 Å². The SMILES string of the molecule is c1ccc(-c2nc(-c3ccccn3)c([C@@H]3CC[C@@H](c4ccccc4)NC3)[nH]2)cc1. The number of nitrogens with one attached hydrogen (secondary N) is 2. The summed E-state index contributed by atoms with van der Waals surface area (Å²) in [5, 5.41) is 3.74. The van der Waals surface area contributed by atoms with Gasteiger partial charge in [-0.25, -0.2) is 4.98 Å². The van der Waals surface area contributed by atoms with Gasteiger partial charge in [0.15, 0.2) is 0 Å². The Morgan fingerprint density at radius 1 is 0.793 bits per heavy atom. The molecule has 0 amide bonds. The molecule has 3 heterocycles. The summed E-state index contributed by atoms with van der Waals surface area (Å²) >= 11 is 0. The number of piperidine rings is 1. The number of imidazole rings is 1. The van der Waals surface area contributed by atoms with Crippen molar-refractivity contribution >= 4 is 0 Å². The maximum Gasteiger partial charge on any atom is 0.138 e. The second-order valence-electron chi connectivity index (χ2n) is 7.57. The second-order valence-corrected chi connectivity index (χ2v) is 7.57. The molecule has 0 unspecified atom stereocenters. The molecule has 4 aromatic rings. The molecule has 0 aliphatic carbocycles. The molecule has 1 aliphatic rings. The number of rotatable bonds is 4. The van der Waals surface area contributed by atoms with Crippen molar-refractivity contribution in [2.75, 3.05) is 6.54 Å². The van der Waals surface area contributed by atoms with Crippen LogP contribution < -0.4 is 5.32 Å². The van der Waals surface area contributed by atoms with Crippen molar-refractivity contribution in [3.63, 3.8) is 0 Å². The van der Waals surface area contributed by atoms with Crippen LogP contribution in [0.2, 0.25) is 0 Å². The summed E-state index contributed by atoms with van der Waals surface area (Å²) in [6.45, 7) is 0.926. The Morgan fingerprint density at radius 3 is 2.24 bits per heavy atom. The summed E-state index contributed by atoms with van der Waals surface area (Å²) < 4.78 is 0. The molecule has 1 saturated heterocycles. The Kier molecular flexibility index (Phi) is 4.93. The van der Waals surface area contributed by atoms with E-state index in [-0.39, 0.29) is 0 Å². The molecule has 0 radical (unpaired) electrons. The Bertz CT molecular complexity index is 1050. The summed E-state index contributed by atoms with van der Waals surface area (Å²) in [6, 6.07) is 27.5. The normalized spacial score (nSPS) is 19.2. The van der Waals surface area contributed by atoms with Gasteiger partial charge < -0.3 is 10.3 Å². The molecule has 2 N–H and O–H groups in total. The molecule has 4 heteroatoms. The highest BCUT2D eigenvalue weighted by molar-refractivity contribution is 5.65. The van der Waals surface area contributed by atoms with Crippen LogP contribution in [-0.4, -0.2) is 21.5 Å². The van der Waals surface area contributed by atoms with Crippen LogP contribution in [0.4, 0.5) is 0 Å². The van der Waals surface area contributed by atoms with Gasteiger partial charge in [0.2, 0.25) is 0 Å². The van der Waals surface area contributed by atoms with Crippen LogP contribution in [0, 0.1) is 0 Å². The number of benzene rings is 2. The minimum absolute atomic E-state index is 0.386. The van der Waals surface area contributed by atoms with Crippen molar-refractivity contribution < 1.29 is 0 Å². The zero-order chi connectivity index (χ0) is 19.5. The van der Waals surface area contributed by atoms with Gasteiger partial charge >= 0.3 is 0 Å². The smallest absolute Gasteiger partial charge is 0.138 e. The van der Waals surface area contributed by atoms with E-state index in [1.54, 1.807) is 0 Å². The third-order valence-electron chi connectivity index (χ3n) is 5.71. The van der Waals surface area contributed by atoms with Crippen LogP contribution in [0.15, 0.2) is 85.1 Å². The van der Waals surface area contributed by atoms with E-state index in [1.807, 2.05) is 42.6 Å². The molecule has 2 atom stereocenters. The Labute approximate surface area is 171 Å². The molecule has 0 spiro atoms. The van der Waals surface area contributed by atoms with Crippen LogP contribution in [0.1, 0.15) is 36.1 Å². The fourth-order valence-corrected chi connectivity index (χ4v) is 4.19. The number of nitrogens with zero attached hydrogens (tertiary/aromatic N) is 2. The maximum absolute atomic E-state index is 4.96. The monoisotopic (exact) mass is 380 g/mol. The third-order valence-corrected chi connectivity index (χ3v) is 5.71. The lowest BCUT2D eigenvalue weighted by molar-refractivity contribution is 0.371. The van der Waals surface area contributed by atoms with E-state index in [4.69, 9.17) is 4.98 Å². The summed E-state index contributed by atoms with van der Waals surface area (Å²) in [4.78, 5) is 13.2. The van der Waals surface area contributed by atoms with E-state index in [1.165, 1.54) is 11.3 Å². The first kappa shape index (κ1) is 17.8. The van der Waals surface area contributed by atoms with Crippen molar-refractivity contribution in [1.82, 2.24) is 20.3 Å². The zero-order valence-corrected chi connectivity index (χ0v) is 16.3. The number of aromatic nitrogens is 3. The lowest BCUT2D eigenvalue weighted by Crippen LogP contribution is -2.32. The third kappa shape index (κ3) is 3.71. The van der Waals surface area contributed by atoms with Gasteiger partial charge in [0.05, 0.1) is 5.69 Å².